The van der Waals surface area contributed by atoms with Gasteiger partial charge in [-0.2, -0.15) is 0 Å². The van der Waals surface area contributed by atoms with Crippen molar-refractivity contribution in [3.8, 4) is 0 Å². The molecule has 1 aliphatic rings. The van der Waals surface area contributed by atoms with Gasteiger partial charge >= 0.3 is 0 Å². The average Bonchev–Trinajstić information content (AvgIpc) is 2.75. The van der Waals surface area contributed by atoms with Gasteiger partial charge in [-0.15, -0.1) is 0 Å². The zero-order valence-corrected chi connectivity index (χ0v) is 16.4. The summed E-state index contributed by atoms with van der Waals surface area (Å²) in [6, 6.07) is 13.3. The van der Waals surface area contributed by atoms with Gasteiger partial charge in [0.2, 0.25) is 0 Å². The van der Waals surface area contributed by atoms with Crippen LogP contribution in [0.15, 0.2) is 48.5 Å². The molecule has 28 heavy (non-hydrogen) atoms. The Morgan fingerprint density at radius 1 is 0.857 bits per heavy atom. The topological polar surface area (TPSA) is 43.9 Å². The fourth-order valence-electron chi connectivity index (χ4n) is 3.45. The van der Waals surface area contributed by atoms with Crippen molar-refractivity contribution in [1.82, 2.24) is 9.80 Å². The van der Waals surface area contributed by atoms with Crippen LogP contribution in [0, 0.1) is 5.82 Å². The first-order valence-electron chi connectivity index (χ1n) is 9.72. The van der Waals surface area contributed by atoms with Gasteiger partial charge in [-0.25, -0.2) is 4.39 Å². The molecule has 1 fully saturated rings. The Morgan fingerprint density at radius 2 is 1.39 bits per heavy atom. The summed E-state index contributed by atoms with van der Waals surface area (Å²) in [5.74, 6) is -0.294. The first kappa shape index (κ1) is 19.9. The van der Waals surface area contributed by atoms with Gasteiger partial charge in [-0.1, -0.05) is 0 Å². The summed E-state index contributed by atoms with van der Waals surface area (Å²) in [4.78, 5) is 30.9. The first-order chi connectivity index (χ1) is 13.5. The van der Waals surface area contributed by atoms with E-state index in [4.69, 9.17) is 0 Å². The van der Waals surface area contributed by atoms with Crippen molar-refractivity contribution in [2.45, 2.75) is 13.8 Å². The monoisotopic (exact) mass is 383 g/mol. The quantitative estimate of drug-likeness (QED) is 0.796. The van der Waals surface area contributed by atoms with Gasteiger partial charge < -0.3 is 14.7 Å². The van der Waals surface area contributed by atoms with E-state index in [1.807, 2.05) is 18.7 Å². The van der Waals surface area contributed by atoms with Crippen LogP contribution < -0.4 is 4.90 Å². The van der Waals surface area contributed by atoms with Crippen molar-refractivity contribution < 1.29 is 14.0 Å². The average molecular weight is 383 g/mol. The Hall–Kier alpha value is -2.89. The number of piperazine rings is 1. The van der Waals surface area contributed by atoms with Crippen LogP contribution in [0.3, 0.4) is 0 Å². The lowest BCUT2D eigenvalue weighted by molar-refractivity contribution is 0.0742. The summed E-state index contributed by atoms with van der Waals surface area (Å²) in [5, 5.41) is 0. The highest BCUT2D eigenvalue weighted by Gasteiger charge is 2.23. The summed E-state index contributed by atoms with van der Waals surface area (Å²) >= 11 is 0. The molecule has 0 radical (unpaired) electrons. The van der Waals surface area contributed by atoms with Gasteiger partial charge in [0.1, 0.15) is 5.82 Å². The van der Waals surface area contributed by atoms with Crippen molar-refractivity contribution in [2.24, 2.45) is 0 Å². The molecule has 2 aromatic rings. The molecule has 0 bridgehead atoms. The highest BCUT2D eigenvalue weighted by atomic mass is 19.1. The maximum atomic E-state index is 13.1. The summed E-state index contributed by atoms with van der Waals surface area (Å²) in [6.45, 7) is 7.84. The number of carbonyl (C=O) groups excluding carboxylic acids is 2. The third kappa shape index (κ3) is 4.32. The minimum absolute atomic E-state index is 0.0167. The molecule has 148 valence electrons. The fraction of sp³-hybridized carbons (Fsp3) is 0.364. The van der Waals surface area contributed by atoms with E-state index in [2.05, 4.69) is 4.90 Å². The van der Waals surface area contributed by atoms with Crippen LogP contribution in [0.1, 0.15) is 34.6 Å². The second-order valence-corrected chi connectivity index (χ2v) is 6.81. The van der Waals surface area contributed by atoms with Crippen LogP contribution in [0.5, 0.6) is 0 Å². The van der Waals surface area contributed by atoms with Crippen LogP contribution in [0.4, 0.5) is 10.1 Å². The second-order valence-electron chi connectivity index (χ2n) is 6.81. The minimum Gasteiger partial charge on any atom is -0.368 e. The van der Waals surface area contributed by atoms with E-state index in [0.29, 0.717) is 50.4 Å². The highest BCUT2D eigenvalue weighted by molar-refractivity contribution is 5.98. The van der Waals surface area contributed by atoms with E-state index in [1.165, 1.54) is 12.1 Å². The van der Waals surface area contributed by atoms with Crippen molar-refractivity contribution in [1.29, 1.82) is 0 Å². The van der Waals surface area contributed by atoms with Crippen molar-refractivity contribution >= 4 is 17.5 Å². The molecule has 5 nitrogen and oxygen atoms in total. The Balaban J connectivity index is 1.60. The lowest BCUT2D eigenvalue weighted by atomic mass is 10.1. The largest absolute Gasteiger partial charge is 0.368 e. The number of amides is 2. The standard InChI is InChI=1S/C22H26FN3O2/c1-3-24(4-2)21(27)17-5-7-18(8-6-17)22(28)26-15-13-25(14-16-26)20-11-9-19(23)10-12-20/h5-12H,3-4,13-16H2,1-2H3. The molecule has 0 aromatic heterocycles. The normalized spacial score (nSPS) is 14.1. The Bertz CT molecular complexity index is 809. The van der Waals surface area contributed by atoms with E-state index in [9.17, 15) is 14.0 Å². The van der Waals surface area contributed by atoms with Gasteiger partial charge in [0.05, 0.1) is 0 Å². The van der Waals surface area contributed by atoms with Crippen LogP contribution in [0.25, 0.3) is 0 Å². The van der Waals surface area contributed by atoms with Gasteiger partial charge in [-0.05, 0) is 62.4 Å². The van der Waals surface area contributed by atoms with Gasteiger partial charge in [0.15, 0.2) is 0 Å². The molecule has 0 aliphatic carbocycles. The van der Waals surface area contributed by atoms with E-state index >= 15 is 0 Å². The van der Waals surface area contributed by atoms with Crippen LogP contribution in [-0.4, -0.2) is 60.9 Å². The number of hydrogen-bond donors (Lipinski definition) is 0. The number of nitrogens with zero attached hydrogens (tertiary/aromatic N) is 3. The highest BCUT2D eigenvalue weighted by Crippen LogP contribution is 2.18. The molecule has 1 heterocycles. The lowest BCUT2D eigenvalue weighted by Gasteiger charge is -2.36. The zero-order chi connectivity index (χ0) is 20.1. The van der Waals surface area contributed by atoms with Crippen molar-refractivity contribution in [3.05, 3.63) is 65.5 Å². The van der Waals surface area contributed by atoms with Gasteiger partial charge in [-0.3, -0.25) is 9.59 Å². The summed E-state index contributed by atoms with van der Waals surface area (Å²) in [6.07, 6.45) is 0. The molecular weight excluding hydrogens is 357 g/mol. The molecule has 1 saturated heterocycles. The Labute approximate surface area is 165 Å². The van der Waals surface area contributed by atoms with Crippen molar-refractivity contribution in [3.63, 3.8) is 0 Å². The number of rotatable bonds is 5. The third-order valence-corrected chi connectivity index (χ3v) is 5.19. The maximum Gasteiger partial charge on any atom is 0.253 e. The predicted octanol–water partition coefficient (Wildman–Crippen LogP) is 3.27. The zero-order valence-electron chi connectivity index (χ0n) is 16.4. The molecule has 3 rings (SSSR count). The minimum atomic E-state index is -0.250. The lowest BCUT2D eigenvalue weighted by Crippen LogP contribution is -2.48. The number of anilines is 1. The smallest absolute Gasteiger partial charge is 0.253 e. The fourth-order valence-corrected chi connectivity index (χ4v) is 3.45. The predicted molar refractivity (Wildman–Crippen MR) is 108 cm³/mol. The number of carbonyl (C=O) groups is 2. The molecule has 0 atom stereocenters. The second kappa shape index (κ2) is 8.87. The van der Waals surface area contributed by atoms with Crippen LogP contribution >= 0.6 is 0 Å². The van der Waals surface area contributed by atoms with Crippen LogP contribution in [0.2, 0.25) is 0 Å². The number of hydrogen-bond acceptors (Lipinski definition) is 3. The number of benzene rings is 2. The number of halogens is 1. The molecule has 2 aromatic carbocycles. The van der Waals surface area contributed by atoms with E-state index in [1.54, 1.807) is 41.3 Å². The third-order valence-electron chi connectivity index (χ3n) is 5.19. The summed E-state index contributed by atoms with van der Waals surface area (Å²) in [5.41, 5.74) is 2.15. The Kier molecular flexibility index (Phi) is 6.29. The van der Waals surface area contributed by atoms with E-state index < -0.39 is 0 Å². The summed E-state index contributed by atoms with van der Waals surface area (Å²) < 4.78 is 13.1. The Morgan fingerprint density at radius 3 is 1.93 bits per heavy atom. The maximum absolute atomic E-state index is 13.1. The molecule has 0 saturated carbocycles. The first-order valence-corrected chi connectivity index (χ1v) is 9.72. The molecule has 1 aliphatic heterocycles. The molecule has 0 spiro atoms. The molecular formula is C22H26FN3O2. The van der Waals surface area contributed by atoms with E-state index in [-0.39, 0.29) is 17.6 Å². The summed E-state index contributed by atoms with van der Waals surface area (Å²) in [7, 11) is 0. The molecule has 0 N–H and O–H groups in total. The SMILES string of the molecule is CCN(CC)C(=O)c1ccc(C(=O)N2CCN(c3ccc(F)cc3)CC2)cc1. The van der Waals surface area contributed by atoms with Gasteiger partial charge in [0.25, 0.3) is 11.8 Å². The van der Waals surface area contributed by atoms with Gasteiger partial charge in [0, 0.05) is 56.1 Å². The van der Waals surface area contributed by atoms with E-state index in [0.717, 1.165) is 5.69 Å². The molecule has 2 amide bonds. The van der Waals surface area contributed by atoms with Crippen LogP contribution in [-0.2, 0) is 0 Å². The van der Waals surface area contributed by atoms with Crippen molar-refractivity contribution in [2.75, 3.05) is 44.2 Å². The molecule has 6 heteroatoms. The molecule has 0 unspecified atom stereocenters.